The molecule has 0 fully saturated rings. The summed E-state index contributed by atoms with van der Waals surface area (Å²) in [6.45, 7) is 0. The number of rotatable bonds is 10. The van der Waals surface area contributed by atoms with E-state index in [9.17, 15) is 66.3 Å². The van der Waals surface area contributed by atoms with Crippen LogP contribution in [-0.4, -0.2) is 80.9 Å². The molecular formula is C41H24Li4N6O15S4. The summed E-state index contributed by atoms with van der Waals surface area (Å²) in [5.41, 5.74) is 3.57. The summed E-state index contributed by atoms with van der Waals surface area (Å²) < 4.78 is 142. The number of hydrogen-bond acceptors (Lipinski definition) is 19. The first-order valence-electron chi connectivity index (χ1n) is 18.4. The first-order valence-corrected chi connectivity index (χ1v) is 24.0. The van der Waals surface area contributed by atoms with Gasteiger partial charge in [0.2, 0.25) is 11.6 Å². The molecule has 2 aliphatic rings. The Morgan fingerprint density at radius 1 is 0.414 bits per heavy atom. The van der Waals surface area contributed by atoms with Crippen LogP contribution in [0.25, 0.3) is 33.7 Å². The molecule has 6 aromatic rings. The van der Waals surface area contributed by atoms with Crippen molar-refractivity contribution in [3.8, 4) is 0 Å². The Balaban J connectivity index is 0.00000266. The molecule has 6 aromatic carbocycles. The van der Waals surface area contributed by atoms with Crippen molar-refractivity contribution in [1.29, 1.82) is 0 Å². The predicted octanol–water partition coefficient (Wildman–Crippen LogP) is -7.44. The smallest absolute Gasteiger partial charge is 0.744 e. The van der Waals surface area contributed by atoms with E-state index in [1.165, 1.54) is 84.9 Å². The molecular weight excluding hydrogens is 973 g/mol. The number of benzene rings is 6. The molecule has 21 nitrogen and oxygen atoms in total. The van der Waals surface area contributed by atoms with Gasteiger partial charge in [-0.05, 0) is 130 Å². The standard InChI is InChI=1S/C41H28N6O15S4.4Li/c48-39-33-11-7-27(15-25(33)19-35(65(57,58)59)37(39)46-44-29-5-1-23-17-31(63(51,52)53)9-3-21(23)13-29)42-41(50)43-28-8-12-34-26(16-28)20-36(66(60,61)62)38(40(34)49)47-45-30-6-2-24-18-32(64(54,55)56)10-4-22(24)14-30;;;;/h1-20,44-45H,(H2,42,43,50)(H,51,52,53)(H,54,55,56)(H,57,58,59)(H,60,61,62);;;;/q;4*+1/p-4/b46-37+,47-38+;;;;. The third-order valence-corrected chi connectivity index (χ3v) is 13.3. The number of amides is 2. The van der Waals surface area contributed by atoms with Crippen molar-refractivity contribution in [1.82, 2.24) is 0 Å². The van der Waals surface area contributed by atoms with Crippen LogP contribution in [-0.2, 0) is 40.5 Å². The third kappa shape index (κ3) is 12.5. The summed E-state index contributed by atoms with van der Waals surface area (Å²) in [6.07, 6.45) is 1.78. The summed E-state index contributed by atoms with van der Waals surface area (Å²) in [7, 11) is -20.1. The van der Waals surface area contributed by atoms with Crippen molar-refractivity contribution in [2.75, 3.05) is 21.5 Å². The third-order valence-electron chi connectivity index (χ3n) is 9.91. The van der Waals surface area contributed by atoms with Gasteiger partial charge in [-0.2, -0.15) is 10.2 Å². The number of Topliss-reactive ketones (excluding diaryl/α,β-unsaturated/α-hetero) is 2. The Bertz CT molecular complexity index is 3550. The van der Waals surface area contributed by atoms with Crippen LogP contribution < -0.4 is 96.9 Å². The number of carbonyl (C=O) groups is 3. The number of ketones is 2. The normalized spacial score (nSPS) is 14.6. The van der Waals surface area contributed by atoms with Gasteiger partial charge in [0.25, 0.3) is 0 Å². The molecule has 2 aliphatic carbocycles. The molecule has 0 saturated heterocycles. The van der Waals surface area contributed by atoms with Crippen molar-refractivity contribution in [3.63, 3.8) is 0 Å². The summed E-state index contributed by atoms with van der Waals surface area (Å²) in [6, 6.07) is 22.3. The summed E-state index contributed by atoms with van der Waals surface area (Å²) >= 11 is 0. The van der Waals surface area contributed by atoms with Crippen LogP contribution in [0.2, 0.25) is 0 Å². The maximum atomic E-state index is 13.5. The molecule has 336 valence electrons. The van der Waals surface area contributed by atoms with Gasteiger partial charge in [0.05, 0.1) is 31.0 Å². The van der Waals surface area contributed by atoms with E-state index >= 15 is 0 Å². The van der Waals surface area contributed by atoms with Gasteiger partial charge in [-0.1, -0.05) is 24.3 Å². The maximum absolute atomic E-state index is 13.5. The van der Waals surface area contributed by atoms with Gasteiger partial charge in [0.15, 0.2) is 0 Å². The monoisotopic (exact) mass is 996 g/mol. The van der Waals surface area contributed by atoms with Gasteiger partial charge in [0, 0.05) is 22.5 Å². The second kappa shape index (κ2) is 21.7. The van der Waals surface area contributed by atoms with E-state index in [4.69, 9.17) is 0 Å². The van der Waals surface area contributed by atoms with E-state index in [0.717, 1.165) is 36.4 Å². The number of nitrogens with one attached hydrogen (secondary N) is 4. The van der Waals surface area contributed by atoms with E-state index in [-0.39, 0.29) is 120 Å². The molecule has 0 unspecified atom stereocenters. The molecule has 0 heterocycles. The molecule has 29 heteroatoms. The molecule has 0 aliphatic heterocycles. The summed E-state index contributed by atoms with van der Waals surface area (Å²) in [5, 5.41) is 14.4. The molecule has 0 radical (unpaired) electrons. The van der Waals surface area contributed by atoms with E-state index in [0.29, 0.717) is 21.5 Å². The minimum Gasteiger partial charge on any atom is -0.744 e. The number of allylic oxidation sites excluding steroid dienone is 2. The van der Waals surface area contributed by atoms with Crippen molar-refractivity contribution < 1.29 is 142 Å². The number of hydrogen-bond donors (Lipinski definition) is 4. The van der Waals surface area contributed by atoms with E-state index in [1.807, 2.05) is 0 Å². The second-order valence-corrected chi connectivity index (χ2v) is 19.7. The van der Waals surface area contributed by atoms with Gasteiger partial charge >= 0.3 is 81.5 Å². The maximum Gasteiger partial charge on any atom is 1.00 e. The average molecular weight is 997 g/mol. The molecule has 0 bridgehead atoms. The number of fused-ring (bicyclic) bond motifs is 4. The zero-order valence-electron chi connectivity index (χ0n) is 36.7. The molecule has 8 rings (SSSR count). The van der Waals surface area contributed by atoms with E-state index < -0.39 is 89.1 Å². The van der Waals surface area contributed by atoms with Gasteiger partial charge in [0.1, 0.15) is 51.9 Å². The fourth-order valence-electron chi connectivity index (χ4n) is 6.86. The Kier molecular flexibility index (Phi) is 17.8. The van der Waals surface area contributed by atoms with Crippen LogP contribution in [0, 0.1) is 0 Å². The second-order valence-electron chi connectivity index (χ2n) is 14.3. The molecule has 2 amide bonds. The largest absolute Gasteiger partial charge is 1.00 e. The Hall–Kier alpha value is -5.10. The van der Waals surface area contributed by atoms with Crippen molar-refractivity contribution in [3.05, 3.63) is 141 Å². The first kappa shape index (κ1) is 57.5. The van der Waals surface area contributed by atoms with Crippen LogP contribution in [0.5, 0.6) is 0 Å². The quantitative estimate of drug-likeness (QED) is 0.0563. The van der Waals surface area contributed by atoms with Gasteiger partial charge in [-0.25, -0.2) is 38.5 Å². The van der Waals surface area contributed by atoms with Crippen LogP contribution in [0.3, 0.4) is 0 Å². The topological polar surface area (TPSA) is 353 Å². The van der Waals surface area contributed by atoms with Crippen molar-refractivity contribution in [2.45, 2.75) is 9.79 Å². The van der Waals surface area contributed by atoms with Crippen LogP contribution >= 0.6 is 0 Å². The number of hydrazone groups is 2. The Morgan fingerprint density at radius 3 is 1.09 bits per heavy atom. The number of urea groups is 1. The fraction of sp³-hybridized carbons (Fsp3) is 0. The molecule has 0 saturated carbocycles. The predicted molar refractivity (Wildman–Crippen MR) is 235 cm³/mol. The van der Waals surface area contributed by atoms with Gasteiger partial charge in [-0.3, -0.25) is 20.4 Å². The molecule has 0 aromatic heterocycles. The molecule has 0 spiro atoms. The van der Waals surface area contributed by atoms with E-state index in [1.54, 1.807) is 0 Å². The SMILES string of the molecule is O=C(Nc1ccc2c(c1)C=C(S(=O)(=O)[O-])/C(=N\Nc1ccc3cc(S(=O)(=O)[O-])ccc3c1)C2=O)Nc1ccc2c(c1)C=C(S(=O)(=O)[O-])/C(=N\Nc1ccc3cc(S(=O)(=O)[O-])ccc3c1)C2=O.[Li+].[Li+].[Li+].[Li+]. The van der Waals surface area contributed by atoms with Gasteiger partial charge < -0.3 is 28.8 Å². The minimum atomic E-state index is -5.33. The van der Waals surface area contributed by atoms with Gasteiger partial charge in [-0.15, -0.1) is 0 Å². The molecule has 70 heavy (non-hydrogen) atoms. The first-order chi connectivity index (χ1) is 30.9. The summed E-state index contributed by atoms with van der Waals surface area (Å²) in [4.78, 5) is 37.2. The molecule has 4 N–H and O–H groups in total. The fourth-order valence-corrected chi connectivity index (χ4v) is 9.16. The summed E-state index contributed by atoms with van der Waals surface area (Å²) in [5.74, 6) is -1.94. The number of carbonyl (C=O) groups excluding carboxylic acids is 3. The van der Waals surface area contributed by atoms with E-state index in [2.05, 4.69) is 31.7 Å². The average Bonchev–Trinajstić information content (AvgIpc) is 3.23. The number of anilines is 4. The Labute approximate surface area is 446 Å². The zero-order chi connectivity index (χ0) is 47.5. The van der Waals surface area contributed by atoms with Crippen LogP contribution in [0.4, 0.5) is 27.5 Å². The Morgan fingerprint density at radius 2 is 0.743 bits per heavy atom. The van der Waals surface area contributed by atoms with Crippen LogP contribution in [0.1, 0.15) is 31.8 Å². The number of nitrogens with zero attached hydrogens (tertiary/aromatic N) is 2. The molecule has 0 atom stereocenters. The van der Waals surface area contributed by atoms with Crippen molar-refractivity contribution >= 4 is 126 Å². The van der Waals surface area contributed by atoms with Crippen molar-refractivity contribution in [2.24, 2.45) is 10.2 Å². The zero-order valence-corrected chi connectivity index (χ0v) is 40.0. The van der Waals surface area contributed by atoms with Crippen LogP contribution in [0.15, 0.2) is 139 Å². The minimum absolute atomic E-state index is 0.